The highest BCUT2D eigenvalue weighted by molar-refractivity contribution is 5.95. The number of ether oxygens (including phenoxy) is 1. The molecule has 0 amide bonds. The number of benzene rings is 2. The summed E-state index contributed by atoms with van der Waals surface area (Å²) in [4.78, 5) is 2.25. The van der Waals surface area contributed by atoms with Crippen LogP contribution in [0.2, 0.25) is 0 Å². The van der Waals surface area contributed by atoms with Crippen LogP contribution in [0.4, 0.5) is 5.69 Å². The van der Waals surface area contributed by atoms with Crippen molar-refractivity contribution in [3.63, 3.8) is 0 Å². The second-order valence-corrected chi connectivity index (χ2v) is 4.79. The van der Waals surface area contributed by atoms with Gasteiger partial charge in [0.05, 0.1) is 7.11 Å². The van der Waals surface area contributed by atoms with Gasteiger partial charge in [-0.15, -0.1) is 0 Å². The molecule has 0 atom stereocenters. The highest BCUT2D eigenvalue weighted by Crippen LogP contribution is 2.24. The van der Waals surface area contributed by atoms with Gasteiger partial charge < -0.3 is 15.4 Å². The maximum atomic E-state index is 7.57. The average Bonchev–Trinajstić information content (AvgIpc) is 2.53. The second kappa shape index (κ2) is 6.79. The molecule has 0 fully saturated rings. The van der Waals surface area contributed by atoms with Crippen LogP contribution in [0.15, 0.2) is 48.5 Å². The minimum atomic E-state index is 0.0710. The van der Waals surface area contributed by atoms with Crippen LogP contribution in [0.25, 0.3) is 0 Å². The third-order valence-corrected chi connectivity index (χ3v) is 3.46. The zero-order valence-electron chi connectivity index (χ0n) is 12.5. The van der Waals surface area contributed by atoms with Crippen molar-refractivity contribution in [2.24, 2.45) is 5.73 Å². The van der Waals surface area contributed by atoms with Gasteiger partial charge in [-0.05, 0) is 37.3 Å². The Labute approximate surface area is 125 Å². The summed E-state index contributed by atoms with van der Waals surface area (Å²) in [5, 5.41) is 7.57. The molecular weight excluding hydrogens is 262 g/mol. The smallest absolute Gasteiger partial charge is 0.123 e. The van der Waals surface area contributed by atoms with Crippen molar-refractivity contribution in [3.8, 4) is 5.75 Å². The molecule has 21 heavy (non-hydrogen) atoms. The number of hydrogen-bond acceptors (Lipinski definition) is 3. The van der Waals surface area contributed by atoms with Gasteiger partial charge in [-0.2, -0.15) is 0 Å². The summed E-state index contributed by atoms with van der Waals surface area (Å²) in [5.74, 6) is 0.885. The van der Waals surface area contributed by atoms with Gasteiger partial charge in [0, 0.05) is 29.9 Å². The number of nitrogens with zero attached hydrogens (tertiary/aromatic N) is 1. The maximum absolute atomic E-state index is 7.57. The van der Waals surface area contributed by atoms with E-state index in [0.717, 1.165) is 29.1 Å². The number of hydrogen-bond donors (Lipinski definition) is 2. The summed E-state index contributed by atoms with van der Waals surface area (Å²) in [6.45, 7) is 3.72. The predicted octanol–water partition coefficient (Wildman–Crippen LogP) is 3.01. The molecular formula is C17H21N3O. The SMILES string of the molecule is CCN(Cc1cc(C(=N)N)ccc1OC)c1ccccc1. The largest absolute Gasteiger partial charge is 0.496 e. The van der Waals surface area contributed by atoms with Crippen LogP contribution < -0.4 is 15.4 Å². The van der Waals surface area contributed by atoms with E-state index in [-0.39, 0.29) is 5.84 Å². The molecule has 0 radical (unpaired) electrons. The molecule has 0 bridgehead atoms. The molecule has 3 N–H and O–H groups in total. The van der Waals surface area contributed by atoms with Crippen LogP contribution in [0.5, 0.6) is 5.75 Å². The van der Waals surface area contributed by atoms with Crippen molar-refractivity contribution in [1.29, 1.82) is 5.41 Å². The first kappa shape index (κ1) is 14.9. The molecule has 0 aromatic heterocycles. The molecule has 0 saturated carbocycles. The van der Waals surface area contributed by atoms with Crippen molar-refractivity contribution in [2.45, 2.75) is 13.5 Å². The van der Waals surface area contributed by atoms with E-state index in [9.17, 15) is 0 Å². The minimum Gasteiger partial charge on any atom is -0.496 e. The number of anilines is 1. The lowest BCUT2D eigenvalue weighted by Gasteiger charge is -2.24. The lowest BCUT2D eigenvalue weighted by molar-refractivity contribution is 0.409. The summed E-state index contributed by atoms with van der Waals surface area (Å²) < 4.78 is 5.42. The van der Waals surface area contributed by atoms with Gasteiger partial charge in [0.15, 0.2) is 0 Å². The number of rotatable bonds is 6. The van der Waals surface area contributed by atoms with Crippen LogP contribution in [0, 0.1) is 5.41 Å². The predicted molar refractivity (Wildman–Crippen MR) is 87.2 cm³/mol. The minimum absolute atomic E-state index is 0.0710. The summed E-state index contributed by atoms with van der Waals surface area (Å²) in [5.41, 5.74) is 8.48. The Morgan fingerprint density at radius 3 is 2.48 bits per heavy atom. The van der Waals surface area contributed by atoms with Gasteiger partial charge >= 0.3 is 0 Å². The summed E-state index contributed by atoms with van der Waals surface area (Å²) in [6.07, 6.45) is 0. The monoisotopic (exact) mass is 283 g/mol. The first-order valence-electron chi connectivity index (χ1n) is 6.97. The van der Waals surface area contributed by atoms with Crippen LogP contribution >= 0.6 is 0 Å². The van der Waals surface area contributed by atoms with E-state index in [4.69, 9.17) is 15.9 Å². The normalized spacial score (nSPS) is 10.2. The molecule has 4 heteroatoms. The van der Waals surface area contributed by atoms with Crippen molar-refractivity contribution >= 4 is 11.5 Å². The van der Waals surface area contributed by atoms with Crippen molar-refractivity contribution in [2.75, 3.05) is 18.6 Å². The number of nitrogens with one attached hydrogen (secondary N) is 1. The third-order valence-electron chi connectivity index (χ3n) is 3.46. The van der Waals surface area contributed by atoms with Gasteiger partial charge in [-0.3, -0.25) is 5.41 Å². The first-order valence-corrected chi connectivity index (χ1v) is 6.97. The fourth-order valence-corrected chi connectivity index (χ4v) is 2.30. The van der Waals surface area contributed by atoms with Gasteiger partial charge in [-0.25, -0.2) is 0 Å². The van der Waals surface area contributed by atoms with E-state index in [0.29, 0.717) is 6.54 Å². The van der Waals surface area contributed by atoms with E-state index in [1.54, 1.807) is 7.11 Å². The van der Waals surface area contributed by atoms with E-state index < -0.39 is 0 Å². The van der Waals surface area contributed by atoms with E-state index >= 15 is 0 Å². The third kappa shape index (κ3) is 3.54. The van der Waals surface area contributed by atoms with Gasteiger partial charge in [0.1, 0.15) is 11.6 Å². The summed E-state index contributed by atoms with van der Waals surface area (Å²) in [7, 11) is 1.66. The number of para-hydroxylation sites is 1. The Hall–Kier alpha value is -2.49. The molecule has 0 aliphatic heterocycles. The van der Waals surface area contributed by atoms with Crippen LogP contribution in [-0.2, 0) is 6.54 Å². The second-order valence-electron chi connectivity index (χ2n) is 4.79. The van der Waals surface area contributed by atoms with Crippen molar-refractivity contribution < 1.29 is 4.74 Å². The molecule has 0 spiro atoms. The molecule has 0 heterocycles. The zero-order valence-corrected chi connectivity index (χ0v) is 12.5. The molecule has 110 valence electrons. The van der Waals surface area contributed by atoms with Crippen molar-refractivity contribution in [1.82, 2.24) is 0 Å². The highest BCUT2D eigenvalue weighted by atomic mass is 16.5. The van der Waals surface area contributed by atoms with Gasteiger partial charge in [0.2, 0.25) is 0 Å². The van der Waals surface area contributed by atoms with Gasteiger partial charge in [0.25, 0.3) is 0 Å². The number of methoxy groups -OCH3 is 1. The standard InChI is InChI=1S/C17H21N3O/c1-3-20(15-7-5-4-6-8-15)12-14-11-13(17(18)19)9-10-16(14)21-2/h4-11H,3,12H2,1-2H3,(H3,18,19). The molecule has 0 saturated heterocycles. The molecule has 4 nitrogen and oxygen atoms in total. The van der Waals surface area contributed by atoms with Crippen LogP contribution in [-0.4, -0.2) is 19.5 Å². The van der Waals surface area contributed by atoms with Crippen molar-refractivity contribution in [3.05, 3.63) is 59.7 Å². The number of amidine groups is 1. The fourth-order valence-electron chi connectivity index (χ4n) is 2.30. The Balaban J connectivity index is 2.32. The highest BCUT2D eigenvalue weighted by Gasteiger charge is 2.11. The topological polar surface area (TPSA) is 62.3 Å². The Kier molecular flexibility index (Phi) is 4.82. The van der Waals surface area contributed by atoms with E-state index in [1.165, 1.54) is 0 Å². The molecule has 2 rings (SSSR count). The molecule has 0 aliphatic carbocycles. The molecule has 2 aromatic carbocycles. The number of nitrogens with two attached hydrogens (primary N) is 1. The molecule has 2 aromatic rings. The quantitative estimate of drug-likeness (QED) is 0.633. The van der Waals surface area contributed by atoms with Gasteiger partial charge in [-0.1, -0.05) is 18.2 Å². The summed E-state index contributed by atoms with van der Waals surface area (Å²) >= 11 is 0. The van der Waals surface area contributed by atoms with E-state index in [2.05, 4.69) is 24.0 Å². The molecule has 0 aliphatic rings. The lowest BCUT2D eigenvalue weighted by Crippen LogP contribution is -2.22. The molecule has 0 unspecified atom stereocenters. The first-order chi connectivity index (χ1) is 10.2. The Morgan fingerprint density at radius 2 is 1.90 bits per heavy atom. The zero-order chi connectivity index (χ0) is 15.2. The fraction of sp³-hybridized carbons (Fsp3) is 0.235. The maximum Gasteiger partial charge on any atom is 0.123 e. The lowest BCUT2D eigenvalue weighted by atomic mass is 10.1. The van der Waals surface area contributed by atoms with Crippen LogP contribution in [0.1, 0.15) is 18.1 Å². The van der Waals surface area contributed by atoms with E-state index in [1.807, 2.05) is 36.4 Å². The Morgan fingerprint density at radius 1 is 1.19 bits per heavy atom. The summed E-state index contributed by atoms with van der Waals surface area (Å²) in [6, 6.07) is 15.8. The van der Waals surface area contributed by atoms with Crippen LogP contribution in [0.3, 0.4) is 0 Å². The Bertz CT molecular complexity index is 611. The average molecular weight is 283 g/mol. The number of nitrogen functional groups attached to an aromatic ring is 1.